The summed E-state index contributed by atoms with van der Waals surface area (Å²) < 4.78 is 13.2. The van der Waals surface area contributed by atoms with Crippen molar-refractivity contribution in [2.24, 2.45) is 5.73 Å². The van der Waals surface area contributed by atoms with E-state index in [1.165, 1.54) is 31.4 Å². The largest absolute Gasteiger partial charge is 0.323 e. The minimum atomic E-state index is -0.213. The van der Waals surface area contributed by atoms with Crippen LogP contribution in [0, 0.1) is 5.82 Å². The Balaban J connectivity index is 2.57. The number of nitrogens with zero attached hydrogens (tertiary/aromatic N) is 1. The lowest BCUT2D eigenvalue weighted by Gasteiger charge is -2.29. The molecule has 0 aromatic heterocycles. The van der Waals surface area contributed by atoms with Crippen LogP contribution in [-0.2, 0) is 0 Å². The molecule has 19 heavy (non-hydrogen) atoms. The van der Waals surface area contributed by atoms with Crippen LogP contribution in [-0.4, -0.2) is 24.0 Å². The van der Waals surface area contributed by atoms with Crippen molar-refractivity contribution in [2.45, 2.75) is 52.1 Å². The summed E-state index contributed by atoms with van der Waals surface area (Å²) in [6, 6.07) is 6.96. The standard InChI is InChI=1S/C16H27FN2/c1-4-5-6-10-19(13(2)3)12-16(18)14-8-7-9-15(17)11-14/h7-9,11,13,16H,4-6,10,12,18H2,1-3H3. The molecule has 0 fully saturated rings. The van der Waals surface area contributed by atoms with Crippen LogP contribution in [0.3, 0.4) is 0 Å². The van der Waals surface area contributed by atoms with Gasteiger partial charge in [-0.25, -0.2) is 4.39 Å². The molecule has 0 aliphatic carbocycles. The van der Waals surface area contributed by atoms with Crippen LogP contribution >= 0.6 is 0 Å². The Kier molecular flexibility index (Phi) is 7.03. The number of benzene rings is 1. The van der Waals surface area contributed by atoms with Crippen LogP contribution in [0.4, 0.5) is 4.39 Å². The lowest BCUT2D eigenvalue weighted by atomic mass is 10.1. The molecule has 0 spiro atoms. The molecule has 0 saturated carbocycles. The molecule has 3 heteroatoms. The Morgan fingerprint density at radius 2 is 2.00 bits per heavy atom. The summed E-state index contributed by atoms with van der Waals surface area (Å²) >= 11 is 0. The average Bonchev–Trinajstić information content (AvgIpc) is 2.37. The van der Waals surface area contributed by atoms with Gasteiger partial charge in [0.1, 0.15) is 5.82 Å². The maximum absolute atomic E-state index is 13.2. The Morgan fingerprint density at radius 3 is 2.58 bits per heavy atom. The highest BCUT2D eigenvalue weighted by Crippen LogP contribution is 2.15. The van der Waals surface area contributed by atoms with Gasteiger partial charge in [0.05, 0.1) is 0 Å². The molecule has 1 atom stereocenters. The first-order chi connectivity index (χ1) is 9.04. The molecule has 0 heterocycles. The third-order valence-corrected chi connectivity index (χ3v) is 3.49. The molecule has 0 saturated heterocycles. The first-order valence-corrected chi connectivity index (χ1v) is 7.29. The lowest BCUT2D eigenvalue weighted by molar-refractivity contribution is 0.204. The molecule has 0 aliphatic rings. The van der Waals surface area contributed by atoms with E-state index in [2.05, 4.69) is 25.7 Å². The summed E-state index contributed by atoms with van der Waals surface area (Å²) in [6.07, 6.45) is 3.67. The molecular formula is C16H27FN2. The molecule has 1 aromatic carbocycles. The molecule has 0 bridgehead atoms. The zero-order chi connectivity index (χ0) is 14.3. The third kappa shape index (κ3) is 5.70. The van der Waals surface area contributed by atoms with Crippen molar-refractivity contribution < 1.29 is 4.39 Å². The highest BCUT2D eigenvalue weighted by Gasteiger charge is 2.15. The second-order valence-electron chi connectivity index (χ2n) is 5.46. The van der Waals surface area contributed by atoms with Crippen LogP contribution in [0.1, 0.15) is 51.6 Å². The van der Waals surface area contributed by atoms with E-state index in [1.807, 2.05) is 6.07 Å². The molecular weight excluding hydrogens is 239 g/mol. The summed E-state index contributed by atoms with van der Waals surface area (Å²) in [5, 5.41) is 0. The van der Waals surface area contributed by atoms with E-state index < -0.39 is 0 Å². The van der Waals surface area contributed by atoms with Gasteiger partial charge in [-0.05, 0) is 44.5 Å². The number of hydrogen-bond donors (Lipinski definition) is 1. The normalized spacial score (nSPS) is 13.2. The Hall–Kier alpha value is -0.930. The van der Waals surface area contributed by atoms with Crippen LogP contribution < -0.4 is 5.73 Å². The van der Waals surface area contributed by atoms with Crippen molar-refractivity contribution >= 4 is 0 Å². The maximum Gasteiger partial charge on any atom is 0.123 e. The van der Waals surface area contributed by atoms with Gasteiger partial charge in [0.15, 0.2) is 0 Å². The van der Waals surface area contributed by atoms with Crippen molar-refractivity contribution in [1.82, 2.24) is 4.90 Å². The van der Waals surface area contributed by atoms with Crippen molar-refractivity contribution in [1.29, 1.82) is 0 Å². The maximum atomic E-state index is 13.2. The second-order valence-corrected chi connectivity index (χ2v) is 5.46. The average molecular weight is 266 g/mol. The van der Waals surface area contributed by atoms with Crippen molar-refractivity contribution in [3.8, 4) is 0 Å². The van der Waals surface area contributed by atoms with E-state index in [0.29, 0.717) is 6.04 Å². The molecule has 2 N–H and O–H groups in total. The van der Waals surface area contributed by atoms with E-state index in [1.54, 1.807) is 6.07 Å². The predicted molar refractivity (Wildman–Crippen MR) is 79.6 cm³/mol. The van der Waals surface area contributed by atoms with Gasteiger partial charge in [-0.15, -0.1) is 0 Å². The summed E-state index contributed by atoms with van der Waals surface area (Å²) in [5.41, 5.74) is 7.07. The SMILES string of the molecule is CCCCCN(CC(N)c1cccc(F)c1)C(C)C. The van der Waals surface area contributed by atoms with Crippen molar-refractivity contribution in [3.05, 3.63) is 35.6 Å². The monoisotopic (exact) mass is 266 g/mol. The van der Waals surface area contributed by atoms with Crippen LogP contribution in [0.5, 0.6) is 0 Å². The van der Waals surface area contributed by atoms with Crippen LogP contribution in [0.25, 0.3) is 0 Å². The van der Waals surface area contributed by atoms with Gasteiger partial charge in [-0.1, -0.05) is 31.9 Å². The molecule has 0 amide bonds. The molecule has 1 aromatic rings. The third-order valence-electron chi connectivity index (χ3n) is 3.49. The molecule has 1 rings (SSSR count). The van der Waals surface area contributed by atoms with E-state index in [4.69, 9.17) is 5.73 Å². The summed E-state index contributed by atoms with van der Waals surface area (Å²) in [5.74, 6) is -0.213. The fourth-order valence-electron chi connectivity index (χ4n) is 2.22. The van der Waals surface area contributed by atoms with E-state index >= 15 is 0 Å². The topological polar surface area (TPSA) is 29.3 Å². The predicted octanol–water partition coefficient (Wildman–Crippen LogP) is 3.73. The summed E-state index contributed by atoms with van der Waals surface area (Å²) in [7, 11) is 0. The fourth-order valence-corrected chi connectivity index (χ4v) is 2.22. The van der Waals surface area contributed by atoms with Gasteiger partial charge < -0.3 is 5.73 Å². The van der Waals surface area contributed by atoms with Crippen LogP contribution in [0.15, 0.2) is 24.3 Å². The van der Waals surface area contributed by atoms with E-state index in [-0.39, 0.29) is 11.9 Å². The minimum absolute atomic E-state index is 0.125. The van der Waals surface area contributed by atoms with Crippen LogP contribution in [0.2, 0.25) is 0 Å². The van der Waals surface area contributed by atoms with Gasteiger partial charge in [0, 0.05) is 18.6 Å². The first-order valence-electron chi connectivity index (χ1n) is 7.29. The Labute approximate surface area is 116 Å². The zero-order valence-electron chi connectivity index (χ0n) is 12.4. The van der Waals surface area contributed by atoms with Gasteiger partial charge in [0.2, 0.25) is 0 Å². The summed E-state index contributed by atoms with van der Waals surface area (Å²) in [6.45, 7) is 8.42. The van der Waals surface area contributed by atoms with Crippen molar-refractivity contribution in [3.63, 3.8) is 0 Å². The zero-order valence-corrected chi connectivity index (χ0v) is 12.4. The molecule has 1 unspecified atom stereocenters. The highest BCUT2D eigenvalue weighted by atomic mass is 19.1. The quantitative estimate of drug-likeness (QED) is 0.726. The minimum Gasteiger partial charge on any atom is -0.323 e. The van der Waals surface area contributed by atoms with Crippen molar-refractivity contribution in [2.75, 3.05) is 13.1 Å². The number of rotatable bonds is 8. The Bertz CT molecular complexity index is 366. The first kappa shape index (κ1) is 16.1. The summed E-state index contributed by atoms with van der Waals surface area (Å²) in [4.78, 5) is 2.38. The lowest BCUT2D eigenvalue weighted by Crippen LogP contribution is -2.37. The van der Waals surface area contributed by atoms with Gasteiger partial charge in [0.25, 0.3) is 0 Å². The van der Waals surface area contributed by atoms with Gasteiger partial charge >= 0.3 is 0 Å². The van der Waals surface area contributed by atoms with Gasteiger partial charge in [-0.2, -0.15) is 0 Å². The van der Waals surface area contributed by atoms with E-state index in [0.717, 1.165) is 18.7 Å². The highest BCUT2D eigenvalue weighted by molar-refractivity contribution is 5.20. The second kappa shape index (κ2) is 8.28. The molecule has 0 aliphatic heterocycles. The molecule has 0 radical (unpaired) electrons. The Morgan fingerprint density at radius 1 is 1.26 bits per heavy atom. The number of unbranched alkanes of at least 4 members (excludes halogenated alkanes) is 2. The number of nitrogens with two attached hydrogens (primary N) is 1. The molecule has 108 valence electrons. The smallest absolute Gasteiger partial charge is 0.123 e. The van der Waals surface area contributed by atoms with Gasteiger partial charge in [-0.3, -0.25) is 4.90 Å². The fraction of sp³-hybridized carbons (Fsp3) is 0.625. The molecule has 2 nitrogen and oxygen atoms in total. The number of halogens is 1. The van der Waals surface area contributed by atoms with E-state index in [9.17, 15) is 4.39 Å². The number of hydrogen-bond acceptors (Lipinski definition) is 2.